The van der Waals surface area contributed by atoms with Gasteiger partial charge in [0.2, 0.25) is 0 Å². The minimum Gasteiger partial charge on any atom is -0.444 e. The van der Waals surface area contributed by atoms with Crippen molar-refractivity contribution in [2.45, 2.75) is 52.0 Å². The predicted octanol–water partition coefficient (Wildman–Crippen LogP) is 2.76. The van der Waals surface area contributed by atoms with E-state index in [2.05, 4.69) is 10.6 Å². The lowest BCUT2D eigenvalue weighted by atomic mass is 10.1. The quantitative estimate of drug-likeness (QED) is 0.779. The number of rotatable bonds is 7. The van der Waals surface area contributed by atoms with Crippen LogP contribution in [0.25, 0.3) is 0 Å². The number of hydrogen-bond donors (Lipinski definition) is 2. The van der Waals surface area contributed by atoms with Crippen LogP contribution in [0.2, 0.25) is 0 Å². The molecule has 1 unspecified atom stereocenters. The van der Waals surface area contributed by atoms with E-state index < -0.39 is 17.7 Å². The van der Waals surface area contributed by atoms with Crippen LogP contribution in [0.5, 0.6) is 0 Å². The Morgan fingerprint density at radius 3 is 2.31 bits per heavy atom. The summed E-state index contributed by atoms with van der Waals surface area (Å²) < 4.78 is 11.2. The van der Waals surface area contributed by atoms with Gasteiger partial charge in [-0.2, -0.15) is 0 Å². The maximum Gasteiger partial charge on any atom is 0.408 e. The molecule has 3 amide bonds. The fraction of sp³-hybridized carbons (Fsp3) is 0.579. The van der Waals surface area contributed by atoms with Crippen molar-refractivity contribution in [1.29, 1.82) is 0 Å². The molecule has 0 saturated heterocycles. The first-order valence-electron chi connectivity index (χ1n) is 8.68. The highest BCUT2D eigenvalue weighted by Gasteiger charge is 2.24. The van der Waals surface area contributed by atoms with Crippen LogP contribution in [0.1, 0.15) is 33.3 Å². The zero-order valence-corrected chi connectivity index (χ0v) is 16.5. The molecule has 2 atom stereocenters. The van der Waals surface area contributed by atoms with E-state index in [0.29, 0.717) is 6.61 Å². The Labute approximate surface area is 156 Å². The first-order valence-corrected chi connectivity index (χ1v) is 8.68. The van der Waals surface area contributed by atoms with E-state index in [9.17, 15) is 9.59 Å². The van der Waals surface area contributed by atoms with Gasteiger partial charge in [0.05, 0.1) is 18.8 Å². The molecule has 7 nitrogen and oxygen atoms in total. The predicted molar refractivity (Wildman–Crippen MR) is 101 cm³/mol. The van der Waals surface area contributed by atoms with Gasteiger partial charge in [-0.1, -0.05) is 30.3 Å². The van der Waals surface area contributed by atoms with Crippen molar-refractivity contribution in [2.75, 3.05) is 20.6 Å². The van der Waals surface area contributed by atoms with Crippen LogP contribution in [0.3, 0.4) is 0 Å². The smallest absolute Gasteiger partial charge is 0.408 e. The number of alkyl carbamates (subject to hydrolysis) is 1. The number of carbonyl (C=O) groups excluding carboxylic acids is 2. The van der Waals surface area contributed by atoms with E-state index in [-0.39, 0.29) is 18.7 Å². The molecule has 0 radical (unpaired) electrons. The standard InChI is InChI=1S/C19H31N3O4/c1-14(25-13-15-10-8-7-9-11-15)16(12-20-17(23)22(5)6)21-18(24)26-19(2,3)4/h7-11,14,16H,12-13H2,1-6H3,(H,20,23)(H,21,24)/t14?,16-/m0/s1. The summed E-state index contributed by atoms with van der Waals surface area (Å²) in [6.07, 6.45) is -0.873. The molecule has 0 aliphatic rings. The summed E-state index contributed by atoms with van der Waals surface area (Å²) in [4.78, 5) is 25.3. The van der Waals surface area contributed by atoms with Crippen molar-refractivity contribution in [1.82, 2.24) is 15.5 Å². The van der Waals surface area contributed by atoms with Gasteiger partial charge in [-0.15, -0.1) is 0 Å². The third-order valence-corrected chi connectivity index (χ3v) is 3.50. The van der Waals surface area contributed by atoms with Crippen molar-refractivity contribution in [3.05, 3.63) is 35.9 Å². The van der Waals surface area contributed by atoms with Crippen LogP contribution in [-0.4, -0.2) is 55.4 Å². The Morgan fingerprint density at radius 1 is 1.15 bits per heavy atom. The number of ether oxygens (including phenoxy) is 2. The highest BCUT2D eigenvalue weighted by Crippen LogP contribution is 2.09. The van der Waals surface area contributed by atoms with Crippen molar-refractivity contribution < 1.29 is 19.1 Å². The number of hydrogen-bond acceptors (Lipinski definition) is 4. The fourth-order valence-electron chi connectivity index (χ4n) is 2.07. The molecule has 0 spiro atoms. The molecule has 0 aliphatic heterocycles. The molecule has 0 fully saturated rings. The molecule has 2 N–H and O–H groups in total. The van der Waals surface area contributed by atoms with Gasteiger partial charge in [-0.25, -0.2) is 9.59 Å². The molecule has 1 aromatic carbocycles. The first-order chi connectivity index (χ1) is 12.1. The highest BCUT2D eigenvalue weighted by molar-refractivity contribution is 5.73. The van der Waals surface area contributed by atoms with Crippen molar-refractivity contribution in [3.8, 4) is 0 Å². The van der Waals surface area contributed by atoms with Gasteiger partial charge in [-0.05, 0) is 33.3 Å². The molecule has 0 saturated carbocycles. The van der Waals surface area contributed by atoms with Crippen molar-refractivity contribution in [2.24, 2.45) is 0 Å². The summed E-state index contributed by atoms with van der Waals surface area (Å²) in [5, 5.41) is 5.55. The second-order valence-electron chi connectivity index (χ2n) is 7.33. The summed E-state index contributed by atoms with van der Waals surface area (Å²) in [5.41, 5.74) is 0.433. The Balaban J connectivity index is 2.68. The third kappa shape index (κ3) is 8.71. The molecule has 0 aromatic heterocycles. The summed E-state index contributed by atoms with van der Waals surface area (Å²) in [7, 11) is 3.31. The van der Waals surface area contributed by atoms with Crippen molar-refractivity contribution >= 4 is 12.1 Å². The van der Waals surface area contributed by atoms with Gasteiger partial charge in [0.25, 0.3) is 0 Å². The molecule has 0 bridgehead atoms. The minimum atomic E-state index is -0.602. The monoisotopic (exact) mass is 365 g/mol. The summed E-state index contributed by atoms with van der Waals surface area (Å²) in [6, 6.07) is 9.09. The summed E-state index contributed by atoms with van der Waals surface area (Å²) in [6.45, 7) is 7.88. The van der Waals surface area contributed by atoms with E-state index in [0.717, 1.165) is 5.56 Å². The van der Waals surface area contributed by atoms with E-state index in [1.54, 1.807) is 34.9 Å². The van der Waals surface area contributed by atoms with Crippen LogP contribution in [0, 0.1) is 0 Å². The van der Waals surface area contributed by atoms with Crippen LogP contribution in [0.15, 0.2) is 30.3 Å². The van der Waals surface area contributed by atoms with Gasteiger partial charge in [0.15, 0.2) is 0 Å². The number of urea groups is 1. The van der Waals surface area contributed by atoms with E-state index in [1.807, 2.05) is 37.3 Å². The number of carbonyl (C=O) groups is 2. The van der Waals surface area contributed by atoms with Crippen LogP contribution < -0.4 is 10.6 Å². The zero-order valence-electron chi connectivity index (χ0n) is 16.5. The van der Waals surface area contributed by atoms with Gasteiger partial charge in [0, 0.05) is 20.6 Å². The SMILES string of the molecule is CC(OCc1ccccc1)[C@H](CNC(=O)N(C)C)NC(=O)OC(C)(C)C. The minimum absolute atomic E-state index is 0.228. The Hall–Kier alpha value is -2.28. The van der Waals surface area contributed by atoms with Gasteiger partial charge in [-0.3, -0.25) is 0 Å². The lowest BCUT2D eigenvalue weighted by Crippen LogP contribution is -2.52. The van der Waals surface area contributed by atoms with Crippen LogP contribution in [-0.2, 0) is 16.1 Å². The van der Waals surface area contributed by atoms with E-state index >= 15 is 0 Å². The van der Waals surface area contributed by atoms with Gasteiger partial charge >= 0.3 is 12.1 Å². The van der Waals surface area contributed by atoms with Gasteiger partial charge < -0.3 is 25.0 Å². The number of benzene rings is 1. The Kier molecular flexibility index (Phi) is 8.38. The zero-order chi connectivity index (χ0) is 19.7. The van der Waals surface area contributed by atoms with Crippen molar-refractivity contribution in [3.63, 3.8) is 0 Å². The molecule has 7 heteroatoms. The molecule has 0 heterocycles. The maximum absolute atomic E-state index is 12.1. The molecule has 146 valence electrons. The highest BCUT2D eigenvalue weighted by atomic mass is 16.6. The maximum atomic E-state index is 12.1. The molecule has 26 heavy (non-hydrogen) atoms. The fourth-order valence-corrected chi connectivity index (χ4v) is 2.07. The molecule has 1 rings (SSSR count). The molecular weight excluding hydrogens is 334 g/mol. The van der Waals surface area contributed by atoms with Gasteiger partial charge in [0.1, 0.15) is 5.60 Å². The van der Waals surface area contributed by atoms with Crippen LogP contribution in [0.4, 0.5) is 9.59 Å². The number of nitrogens with zero attached hydrogens (tertiary/aromatic N) is 1. The van der Waals surface area contributed by atoms with E-state index in [4.69, 9.17) is 9.47 Å². The van der Waals surface area contributed by atoms with E-state index in [1.165, 1.54) is 4.90 Å². The normalized spacial score (nSPS) is 13.5. The second-order valence-corrected chi connectivity index (χ2v) is 7.33. The lowest BCUT2D eigenvalue weighted by molar-refractivity contribution is 0.0151. The average Bonchev–Trinajstić information content (AvgIpc) is 2.55. The topological polar surface area (TPSA) is 79.9 Å². The van der Waals surface area contributed by atoms with Crippen LogP contribution >= 0.6 is 0 Å². The number of nitrogens with one attached hydrogen (secondary N) is 2. The average molecular weight is 365 g/mol. The summed E-state index contributed by atoms with van der Waals surface area (Å²) >= 11 is 0. The Bertz CT molecular complexity index is 570. The molecular formula is C19H31N3O4. The molecule has 0 aliphatic carbocycles. The third-order valence-electron chi connectivity index (χ3n) is 3.50. The first kappa shape index (κ1) is 21.8. The number of amides is 3. The Morgan fingerprint density at radius 2 is 1.77 bits per heavy atom. The second kappa shape index (κ2) is 10.0. The molecule has 1 aromatic rings. The lowest BCUT2D eigenvalue weighted by Gasteiger charge is -2.28. The summed E-state index contributed by atoms with van der Waals surface area (Å²) in [5.74, 6) is 0. The largest absolute Gasteiger partial charge is 0.444 e.